The van der Waals surface area contributed by atoms with Gasteiger partial charge in [0.1, 0.15) is 5.82 Å². The number of anilines is 1. The first-order valence-electron chi connectivity index (χ1n) is 5.19. The fourth-order valence-corrected chi connectivity index (χ4v) is 1.53. The Labute approximate surface area is 98.7 Å². The van der Waals surface area contributed by atoms with Gasteiger partial charge in [-0.1, -0.05) is 0 Å². The van der Waals surface area contributed by atoms with Crippen LogP contribution in [0.25, 0.3) is 0 Å². The highest BCUT2D eigenvalue weighted by Gasteiger charge is 2.14. The average Bonchev–Trinajstić information content (AvgIpc) is 2.91. The monoisotopic (exact) mass is 231 g/mol. The topological polar surface area (TPSA) is 69.2 Å². The number of hydrogen-bond acceptors (Lipinski definition) is 3. The molecule has 2 N–H and O–H groups in total. The number of carbonyl (C=O) groups is 1. The number of amides is 1. The van der Waals surface area contributed by atoms with E-state index in [0.717, 1.165) is 5.82 Å². The Bertz CT molecular complexity index is 508. The van der Waals surface area contributed by atoms with E-state index < -0.39 is 0 Å². The molecule has 0 aromatic carbocycles. The van der Waals surface area contributed by atoms with Crippen molar-refractivity contribution in [2.45, 2.75) is 6.61 Å². The van der Waals surface area contributed by atoms with Crippen LogP contribution >= 0.6 is 0 Å². The van der Waals surface area contributed by atoms with Crippen LogP contribution in [0, 0.1) is 0 Å². The lowest BCUT2D eigenvalue weighted by Gasteiger charge is -2.15. The number of aromatic nitrogens is 2. The maximum absolute atomic E-state index is 12.1. The molecule has 5 heteroatoms. The summed E-state index contributed by atoms with van der Waals surface area (Å²) in [6.07, 6.45) is 3.27. The van der Waals surface area contributed by atoms with Gasteiger partial charge in [-0.05, 0) is 24.3 Å². The van der Waals surface area contributed by atoms with Crippen molar-refractivity contribution >= 4 is 11.7 Å². The predicted octanol–water partition coefficient (Wildman–Crippen LogP) is 1.18. The molecular formula is C12H13N3O2. The van der Waals surface area contributed by atoms with Crippen LogP contribution in [0.4, 0.5) is 5.82 Å². The highest BCUT2D eigenvalue weighted by molar-refractivity contribution is 6.05. The van der Waals surface area contributed by atoms with Gasteiger partial charge in [0, 0.05) is 25.0 Å². The van der Waals surface area contributed by atoms with Gasteiger partial charge in [0.05, 0.1) is 12.3 Å². The van der Waals surface area contributed by atoms with E-state index in [-0.39, 0.29) is 12.5 Å². The summed E-state index contributed by atoms with van der Waals surface area (Å²) in [6.45, 7) is -0.173. The zero-order chi connectivity index (χ0) is 12.3. The summed E-state index contributed by atoms with van der Waals surface area (Å²) in [6, 6.07) is 6.85. The lowest BCUT2D eigenvalue weighted by Crippen LogP contribution is -2.26. The quantitative estimate of drug-likeness (QED) is 0.833. The number of aromatic amines is 1. The third-order valence-corrected chi connectivity index (χ3v) is 2.47. The minimum Gasteiger partial charge on any atom is -0.390 e. The van der Waals surface area contributed by atoms with Crippen LogP contribution < -0.4 is 4.90 Å². The third kappa shape index (κ3) is 2.34. The minimum absolute atomic E-state index is 0.149. The number of nitrogens with one attached hydrogen (secondary N) is 1. The fraction of sp³-hybridized carbons (Fsp3) is 0.167. The third-order valence-electron chi connectivity index (χ3n) is 2.47. The second-order valence-electron chi connectivity index (χ2n) is 3.61. The molecule has 1 amide bonds. The summed E-state index contributed by atoms with van der Waals surface area (Å²) in [7, 11) is 1.69. The van der Waals surface area contributed by atoms with E-state index in [4.69, 9.17) is 5.11 Å². The summed E-state index contributed by atoms with van der Waals surface area (Å²) in [5, 5.41) is 8.97. The van der Waals surface area contributed by atoms with Crippen LogP contribution in [0.5, 0.6) is 0 Å². The highest BCUT2D eigenvalue weighted by atomic mass is 16.3. The molecule has 2 heterocycles. The van der Waals surface area contributed by atoms with Crippen molar-refractivity contribution in [3.63, 3.8) is 0 Å². The first kappa shape index (κ1) is 11.3. The van der Waals surface area contributed by atoms with E-state index in [2.05, 4.69) is 9.97 Å². The molecule has 0 bridgehead atoms. The number of nitrogens with zero attached hydrogens (tertiary/aromatic N) is 2. The molecule has 0 radical (unpaired) electrons. The molecule has 0 saturated heterocycles. The molecule has 2 rings (SSSR count). The molecule has 0 fully saturated rings. The molecular weight excluding hydrogens is 218 g/mol. The fourth-order valence-electron chi connectivity index (χ4n) is 1.53. The predicted molar refractivity (Wildman–Crippen MR) is 63.7 cm³/mol. The van der Waals surface area contributed by atoms with E-state index in [1.165, 1.54) is 11.1 Å². The Morgan fingerprint density at radius 2 is 2.35 bits per heavy atom. The van der Waals surface area contributed by atoms with E-state index >= 15 is 0 Å². The van der Waals surface area contributed by atoms with Gasteiger partial charge >= 0.3 is 0 Å². The maximum atomic E-state index is 12.1. The second-order valence-corrected chi connectivity index (χ2v) is 3.61. The van der Waals surface area contributed by atoms with Gasteiger partial charge in [0.15, 0.2) is 0 Å². The number of H-pyrrole nitrogens is 1. The van der Waals surface area contributed by atoms with Gasteiger partial charge in [-0.15, -0.1) is 0 Å². The van der Waals surface area contributed by atoms with Gasteiger partial charge < -0.3 is 10.1 Å². The largest absolute Gasteiger partial charge is 0.390 e. The normalized spacial score (nSPS) is 10.2. The van der Waals surface area contributed by atoms with Gasteiger partial charge in [-0.25, -0.2) is 0 Å². The summed E-state index contributed by atoms with van der Waals surface area (Å²) >= 11 is 0. The molecule has 0 atom stereocenters. The van der Waals surface area contributed by atoms with E-state index in [1.54, 1.807) is 25.4 Å². The van der Waals surface area contributed by atoms with Crippen molar-refractivity contribution in [2.75, 3.05) is 11.9 Å². The molecule has 2 aromatic heterocycles. The Morgan fingerprint density at radius 3 is 3.00 bits per heavy atom. The van der Waals surface area contributed by atoms with Crippen LogP contribution in [-0.4, -0.2) is 28.0 Å². The standard InChI is InChI=1S/C12H13N3O2/c1-15(11-3-2-5-14-11)12(17)9-4-6-13-10(7-9)8-16/h2-7,14,16H,8H2,1H3. The van der Waals surface area contributed by atoms with E-state index in [0.29, 0.717) is 11.3 Å². The van der Waals surface area contributed by atoms with Gasteiger partial charge in [-0.2, -0.15) is 0 Å². The number of hydrogen-bond donors (Lipinski definition) is 2. The molecule has 0 spiro atoms. The van der Waals surface area contributed by atoms with Crippen molar-refractivity contribution in [3.05, 3.63) is 47.9 Å². The summed E-state index contributed by atoms with van der Waals surface area (Å²) in [5.74, 6) is 0.571. The van der Waals surface area contributed by atoms with Crippen LogP contribution in [0.1, 0.15) is 16.1 Å². The number of carbonyl (C=O) groups excluding carboxylic acids is 1. The number of aliphatic hydroxyl groups excluding tert-OH is 1. The Hall–Kier alpha value is -2.14. The Kier molecular flexibility index (Phi) is 3.20. The van der Waals surface area contributed by atoms with Crippen LogP contribution in [-0.2, 0) is 6.61 Å². The molecule has 0 aliphatic rings. The molecule has 2 aromatic rings. The van der Waals surface area contributed by atoms with Crippen molar-refractivity contribution in [1.29, 1.82) is 0 Å². The summed E-state index contributed by atoms with van der Waals surface area (Å²) in [4.78, 5) is 20.5. The molecule has 0 aliphatic carbocycles. The molecule has 17 heavy (non-hydrogen) atoms. The smallest absolute Gasteiger partial charge is 0.259 e. The van der Waals surface area contributed by atoms with Crippen molar-refractivity contribution in [2.24, 2.45) is 0 Å². The molecule has 88 valence electrons. The number of pyridine rings is 1. The van der Waals surface area contributed by atoms with Crippen LogP contribution in [0.2, 0.25) is 0 Å². The lowest BCUT2D eigenvalue weighted by molar-refractivity contribution is 0.0992. The van der Waals surface area contributed by atoms with Gasteiger partial charge in [-0.3, -0.25) is 14.7 Å². The zero-order valence-corrected chi connectivity index (χ0v) is 9.42. The molecule has 5 nitrogen and oxygen atoms in total. The lowest BCUT2D eigenvalue weighted by atomic mass is 10.2. The Morgan fingerprint density at radius 1 is 1.53 bits per heavy atom. The number of aliphatic hydroxyl groups is 1. The molecule has 0 saturated carbocycles. The number of rotatable bonds is 3. The second kappa shape index (κ2) is 4.80. The average molecular weight is 231 g/mol. The maximum Gasteiger partial charge on any atom is 0.259 e. The highest BCUT2D eigenvalue weighted by Crippen LogP contribution is 2.12. The summed E-state index contributed by atoms with van der Waals surface area (Å²) < 4.78 is 0. The van der Waals surface area contributed by atoms with Gasteiger partial charge in [0.25, 0.3) is 5.91 Å². The van der Waals surface area contributed by atoms with Crippen molar-refractivity contribution in [3.8, 4) is 0 Å². The van der Waals surface area contributed by atoms with E-state index in [1.807, 2.05) is 12.1 Å². The van der Waals surface area contributed by atoms with E-state index in [9.17, 15) is 4.79 Å². The SMILES string of the molecule is CN(C(=O)c1ccnc(CO)c1)c1ccc[nH]1. The van der Waals surface area contributed by atoms with Crippen LogP contribution in [0.3, 0.4) is 0 Å². The first-order chi connectivity index (χ1) is 8.22. The molecule has 0 aliphatic heterocycles. The van der Waals surface area contributed by atoms with Crippen molar-refractivity contribution in [1.82, 2.24) is 9.97 Å². The van der Waals surface area contributed by atoms with Crippen molar-refractivity contribution < 1.29 is 9.90 Å². The summed E-state index contributed by atoms with van der Waals surface area (Å²) in [5.41, 5.74) is 0.983. The molecule has 0 unspecified atom stereocenters. The minimum atomic E-state index is -0.173. The van der Waals surface area contributed by atoms with Crippen LogP contribution in [0.15, 0.2) is 36.7 Å². The van der Waals surface area contributed by atoms with Gasteiger partial charge in [0.2, 0.25) is 0 Å². The zero-order valence-electron chi connectivity index (χ0n) is 9.42. The first-order valence-corrected chi connectivity index (χ1v) is 5.19. The Balaban J connectivity index is 2.24.